The fourth-order valence-electron chi connectivity index (χ4n) is 5.03. The standard InChI is InChI=1S/C35H42N4O6/c1-2-3-21-39-22-24-45-31-17-11-10-16-28(31)33(41)38-29(34(42)36-20-23-44-27-14-8-5-9-15-27)18-19-32(40)37-30(35(39)43)25-26-12-6-4-7-13-26/h4-17,29-30H,2-3,18-25H2,1H3,(H,36,42)(H,37,40)(H,38,41)/t29-,30-/m0/s1. The third kappa shape index (κ3) is 10.4. The molecule has 0 fully saturated rings. The highest BCUT2D eigenvalue weighted by molar-refractivity contribution is 5.99. The Bertz CT molecular complexity index is 1400. The fourth-order valence-corrected chi connectivity index (χ4v) is 5.03. The molecule has 3 aromatic carbocycles. The van der Waals surface area contributed by atoms with Gasteiger partial charge >= 0.3 is 0 Å². The van der Waals surface area contributed by atoms with E-state index >= 15 is 0 Å². The second-order valence-electron chi connectivity index (χ2n) is 10.9. The second-order valence-corrected chi connectivity index (χ2v) is 10.9. The molecule has 0 bridgehead atoms. The highest BCUT2D eigenvalue weighted by Gasteiger charge is 2.29. The van der Waals surface area contributed by atoms with Gasteiger partial charge in [-0.05, 0) is 42.7 Å². The largest absolute Gasteiger partial charge is 0.492 e. The number of para-hydroxylation sites is 2. The number of ether oxygens (including phenoxy) is 2. The maximum atomic E-state index is 13.9. The lowest BCUT2D eigenvalue weighted by Crippen LogP contribution is -2.51. The van der Waals surface area contributed by atoms with E-state index in [2.05, 4.69) is 22.9 Å². The number of hydrogen-bond donors (Lipinski definition) is 3. The van der Waals surface area contributed by atoms with E-state index in [1.54, 1.807) is 29.2 Å². The van der Waals surface area contributed by atoms with Crippen LogP contribution in [0.25, 0.3) is 0 Å². The normalized spacial score (nSPS) is 17.9. The molecule has 1 heterocycles. The van der Waals surface area contributed by atoms with Crippen LogP contribution in [0.4, 0.5) is 0 Å². The third-order valence-electron chi connectivity index (χ3n) is 7.45. The van der Waals surface area contributed by atoms with Gasteiger partial charge in [-0.3, -0.25) is 19.2 Å². The van der Waals surface area contributed by atoms with E-state index in [1.807, 2.05) is 60.7 Å². The van der Waals surface area contributed by atoms with Crippen LogP contribution in [0.3, 0.4) is 0 Å². The van der Waals surface area contributed by atoms with Crippen molar-refractivity contribution >= 4 is 23.6 Å². The highest BCUT2D eigenvalue weighted by Crippen LogP contribution is 2.19. The molecule has 45 heavy (non-hydrogen) atoms. The summed E-state index contributed by atoms with van der Waals surface area (Å²) in [5.41, 5.74) is 1.17. The molecule has 4 rings (SSSR count). The molecule has 1 aliphatic heterocycles. The molecule has 0 saturated carbocycles. The van der Waals surface area contributed by atoms with Gasteiger partial charge in [-0.15, -0.1) is 0 Å². The molecule has 0 saturated heterocycles. The Balaban J connectivity index is 1.53. The predicted octanol–water partition coefficient (Wildman–Crippen LogP) is 3.51. The predicted molar refractivity (Wildman–Crippen MR) is 171 cm³/mol. The Kier molecular flexibility index (Phi) is 12.8. The maximum absolute atomic E-state index is 13.9. The van der Waals surface area contributed by atoms with Gasteiger partial charge in [0, 0.05) is 19.4 Å². The van der Waals surface area contributed by atoms with Crippen molar-refractivity contribution in [3.05, 3.63) is 96.1 Å². The van der Waals surface area contributed by atoms with Crippen LogP contribution in [-0.2, 0) is 20.8 Å². The van der Waals surface area contributed by atoms with Crippen LogP contribution in [0.2, 0.25) is 0 Å². The van der Waals surface area contributed by atoms with Crippen molar-refractivity contribution in [3.63, 3.8) is 0 Å². The summed E-state index contributed by atoms with van der Waals surface area (Å²) in [5.74, 6) is -0.506. The smallest absolute Gasteiger partial charge is 0.255 e. The number of nitrogens with one attached hydrogen (secondary N) is 3. The first-order valence-corrected chi connectivity index (χ1v) is 15.5. The van der Waals surface area contributed by atoms with Crippen LogP contribution in [0.5, 0.6) is 11.5 Å². The van der Waals surface area contributed by atoms with Gasteiger partial charge in [0.15, 0.2) is 0 Å². The van der Waals surface area contributed by atoms with E-state index < -0.39 is 23.9 Å². The topological polar surface area (TPSA) is 126 Å². The van der Waals surface area contributed by atoms with Crippen LogP contribution in [0.1, 0.15) is 48.5 Å². The molecule has 0 aromatic heterocycles. The van der Waals surface area contributed by atoms with Crippen LogP contribution in [0, 0.1) is 0 Å². The monoisotopic (exact) mass is 614 g/mol. The zero-order valence-electron chi connectivity index (χ0n) is 25.7. The minimum absolute atomic E-state index is 0.0256. The van der Waals surface area contributed by atoms with Crippen LogP contribution in [-0.4, -0.2) is 73.5 Å². The molecule has 0 spiro atoms. The minimum atomic E-state index is -1.01. The Morgan fingerprint density at radius 2 is 1.67 bits per heavy atom. The lowest BCUT2D eigenvalue weighted by atomic mass is 10.0. The summed E-state index contributed by atoms with van der Waals surface area (Å²) in [7, 11) is 0. The number of hydrogen-bond acceptors (Lipinski definition) is 6. The van der Waals surface area contributed by atoms with Crippen molar-refractivity contribution in [1.82, 2.24) is 20.9 Å². The van der Waals surface area contributed by atoms with E-state index in [1.165, 1.54) is 0 Å². The van der Waals surface area contributed by atoms with Gasteiger partial charge in [0.2, 0.25) is 17.7 Å². The van der Waals surface area contributed by atoms with Crippen molar-refractivity contribution in [2.75, 3.05) is 32.8 Å². The number of rotatable bonds is 10. The molecule has 238 valence electrons. The number of fused-ring (bicyclic) bond motifs is 1. The summed E-state index contributed by atoms with van der Waals surface area (Å²) in [6.45, 7) is 3.43. The fraction of sp³-hybridized carbons (Fsp3) is 0.371. The van der Waals surface area contributed by atoms with Gasteiger partial charge in [0.05, 0.1) is 18.7 Å². The van der Waals surface area contributed by atoms with Gasteiger partial charge in [0.25, 0.3) is 5.91 Å². The molecular weight excluding hydrogens is 572 g/mol. The van der Waals surface area contributed by atoms with Crippen LogP contribution >= 0.6 is 0 Å². The van der Waals surface area contributed by atoms with Crippen molar-refractivity contribution in [3.8, 4) is 11.5 Å². The summed E-state index contributed by atoms with van der Waals surface area (Å²) < 4.78 is 11.7. The molecule has 4 amide bonds. The number of nitrogens with zero attached hydrogens (tertiary/aromatic N) is 1. The number of carbonyl (C=O) groups excluding carboxylic acids is 4. The Hall–Kier alpha value is -4.86. The Morgan fingerprint density at radius 3 is 2.42 bits per heavy atom. The van der Waals surface area contributed by atoms with E-state index in [9.17, 15) is 19.2 Å². The number of carbonyl (C=O) groups is 4. The maximum Gasteiger partial charge on any atom is 0.255 e. The summed E-state index contributed by atoms with van der Waals surface area (Å²) in [6, 6.07) is 23.7. The Morgan fingerprint density at radius 1 is 0.956 bits per heavy atom. The van der Waals surface area contributed by atoms with Crippen LogP contribution < -0.4 is 25.4 Å². The SMILES string of the molecule is CCCCN1CCOc2ccccc2C(=O)N[C@H](C(=O)NCCOc2ccccc2)CCC(=O)N[C@@H](Cc2ccccc2)C1=O. The summed E-state index contributed by atoms with van der Waals surface area (Å²) >= 11 is 0. The molecule has 10 nitrogen and oxygen atoms in total. The molecule has 0 aliphatic carbocycles. The minimum Gasteiger partial charge on any atom is -0.492 e. The van der Waals surface area contributed by atoms with Crippen molar-refractivity contribution < 1.29 is 28.7 Å². The average molecular weight is 615 g/mol. The molecule has 10 heteroatoms. The van der Waals surface area contributed by atoms with Gasteiger partial charge in [-0.25, -0.2) is 0 Å². The zero-order chi connectivity index (χ0) is 31.9. The van der Waals surface area contributed by atoms with Crippen molar-refractivity contribution in [2.45, 2.75) is 51.1 Å². The average Bonchev–Trinajstić information content (AvgIpc) is 3.06. The summed E-state index contributed by atoms with van der Waals surface area (Å²) in [4.78, 5) is 55.5. The lowest BCUT2D eigenvalue weighted by molar-refractivity contribution is -0.137. The van der Waals surface area contributed by atoms with Crippen molar-refractivity contribution in [1.29, 1.82) is 0 Å². The molecule has 0 radical (unpaired) electrons. The lowest BCUT2D eigenvalue weighted by Gasteiger charge is -2.28. The first kappa shape index (κ1) is 33.0. The number of benzene rings is 3. The first-order chi connectivity index (χ1) is 21.9. The quantitative estimate of drug-likeness (QED) is 0.300. The molecule has 0 unspecified atom stereocenters. The molecule has 3 aromatic rings. The van der Waals surface area contributed by atoms with E-state index in [4.69, 9.17) is 9.47 Å². The summed E-state index contributed by atoms with van der Waals surface area (Å²) in [6.07, 6.45) is 1.96. The third-order valence-corrected chi connectivity index (χ3v) is 7.45. The first-order valence-electron chi connectivity index (χ1n) is 15.5. The van der Waals surface area contributed by atoms with Crippen LogP contribution in [0.15, 0.2) is 84.9 Å². The number of unbranched alkanes of at least 4 members (excludes halogenated alkanes) is 1. The van der Waals surface area contributed by atoms with E-state index in [0.717, 1.165) is 18.4 Å². The summed E-state index contributed by atoms with van der Waals surface area (Å²) in [5, 5.41) is 8.50. The van der Waals surface area contributed by atoms with Gasteiger partial charge in [-0.2, -0.15) is 0 Å². The van der Waals surface area contributed by atoms with Gasteiger partial charge in [0.1, 0.15) is 36.8 Å². The number of amides is 4. The van der Waals surface area contributed by atoms with E-state index in [-0.39, 0.29) is 56.5 Å². The van der Waals surface area contributed by atoms with E-state index in [0.29, 0.717) is 24.5 Å². The molecule has 1 aliphatic rings. The van der Waals surface area contributed by atoms with Gasteiger partial charge < -0.3 is 30.3 Å². The molecule has 3 N–H and O–H groups in total. The van der Waals surface area contributed by atoms with Crippen molar-refractivity contribution in [2.24, 2.45) is 0 Å². The molecule has 2 atom stereocenters. The highest BCUT2D eigenvalue weighted by atomic mass is 16.5. The zero-order valence-corrected chi connectivity index (χ0v) is 25.7. The van der Waals surface area contributed by atoms with Gasteiger partial charge in [-0.1, -0.05) is 74.0 Å². The Labute approximate surface area is 264 Å². The second kappa shape index (κ2) is 17.4. The molecular formula is C35H42N4O6.